The third kappa shape index (κ3) is 2.16. The number of nitriles is 1. The highest BCUT2D eigenvalue weighted by atomic mass is 19.3. The molecule has 0 spiro atoms. The molecule has 0 atom stereocenters. The highest BCUT2D eigenvalue weighted by Gasteiger charge is 2.18. The van der Waals surface area contributed by atoms with Crippen LogP contribution < -0.4 is 0 Å². The summed E-state index contributed by atoms with van der Waals surface area (Å²) in [5.74, 6) is -1.30. The SMILES string of the molecule is CCc1c(C#N)cc(C(F)F)cc1C(=O)O. The van der Waals surface area contributed by atoms with Gasteiger partial charge in [-0.3, -0.25) is 0 Å². The molecule has 16 heavy (non-hydrogen) atoms. The smallest absolute Gasteiger partial charge is 0.336 e. The van der Waals surface area contributed by atoms with Gasteiger partial charge in [0.05, 0.1) is 17.2 Å². The van der Waals surface area contributed by atoms with Gasteiger partial charge in [0.2, 0.25) is 0 Å². The van der Waals surface area contributed by atoms with Gasteiger partial charge in [-0.2, -0.15) is 5.26 Å². The Morgan fingerprint density at radius 3 is 2.56 bits per heavy atom. The van der Waals surface area contributed by atoms with Gasteiger partial charge >= 0.3 is 5.97 Å². The Morgan fingerprint density at radius 2 is 2.19 bits per heavy atom. The van der Waals surface area contributed by atoms with Crippen LogP contribution in [0.15, 0.2) is 12.1 Å². The van der Waals surface area contributed by atoms with E-state index in [1.54, 1.807) is 13.0 Å². The number of hydrogen-bond acceptors (Lipinski definition) is 2. The van der Waals surface area contributed by atoms with Crippen molar-refractivity contribution in [2.75, 3.05) is 0 Å². The number of carboxylic acid groups (broad SMARTS) is 1. The molecule has 0 fully saturated rings. The second-order valence-corrected chi connectivity index (χ2v) is 3.17. The van der Waals surface area contributed by atoms with Crippen molar-refractivity contribution in [1.29, 1.82) is 5.26 Å². The second-order valence-electron chi connectivity index (χ2n) is 3.17. The molecule has 84 valence electrons. The van der Waals surface area contributed by atoms with Crippen LogP contribution in [-0.4, -0.2) is 11.1 Å². The molecular weight excluding hydrogens is 216 g/mol. The fourth-order valence-electron chi connectivity index (χ4n) is 1.49. The zero-order valence-electron chi connectivity index (χ0n) is 8.50. The van der Waals surface area contributed by atoms with Crippen LogP contribution in [0.2, 0.25) is 0 Å². The van der Waals surface area contributed by atoms with E-state index in [2.05, 4.69) is 0 Å². The van der Waals surface area contributed by atoms with Gasteiger partial charge in [-0.1, -0.05) is 6.92 Å². The Bertz CT molecular complexity index is 464. The Balaban J connectivity index is 3.51. The van der Waals surface area contributed by atoms with Gasteiger partial charge in [-0.25, -0.2) is 13.6 Å². The van der Waals surface area contributed by atoms with E-state index in [0.29, 0.717) is 12.0 Å². The van der Waals surface area contributed by atoms with E-state index in [4.69, 9.17) is 10.4 Å². The minimum Gasteiger partial charge on any atom is -0.478 e. The first-order valence-electron chi connectivity index (χ1n) is 4.59. The van der Waals surface area contributed by atoms with Crippen molar-refractivity contribution in [2.45, 2.75) is 19.8 Å². The van der Waals surface area contributed by atoms with Gasteiger partial charge in [0.1, 0.15) is 0 Å². The van der Waals surface area contributed by atoms with E-state index in [1.807, 2.05) is 0 Å². The van der Waals surface area contributed by atoms with Crippen LogP contribution in [0.3, 0.4) is 0 Å². The highest BCUT2D eigenvalue weighted by molar-refractivity contribution is 5.90. The molecule has 1 aromatic rings. The lowest BCUT2D eigenvalue weighted by molar-refractivity contribution is 0.0695. The summed E-state index contributed by atoms with van der Waals surface area (Å²) in [4.78, 5) is 10.9. The number of benzene rings is 1. The van der Waals surface area contributed by atoms with Crippen molar-refractivity contribution in [2.24, 2.45) is 0 Å². The quantitative estimate of drug-likeness (QED) is 0.860. The second kappa shape index (κ2) is 4.71. The third-order valence-corrected chi connectivity index (χ3v) is 2.23. The van der Waals surface area contributed by atoms with Gasteiger partial charge in [0.25, 0.3) is 6.43 Å². The summed E-state index contributed by atoms with van der Waals surface area (Å²) in [7, 11) is 0. The van der Waals surface area contributed by atoms with Crippen molar-refractivity contribution in [3.05, 3.63) is 34.4 Å². The van der Waals surface area contributed by atoms with Crippen molar-refractivity contribution >= 4 is 5.97 Å². The monoisotopic (exact) mass is 225 g/mol. The van der Waals surface area contributed by atoms with Crippen LogP contribution >= 0.6 is 0 Å². The number of halogens is 2. The topological polar surface area (TPSA) is 61.1 Å². The number of hydrogen-bond donors (Lipinski definition) is 1. The molecule has 0 bridgehead atoms. The molecule has 1 aromatic carbocycles. The summed E-state index contributed by atoms with van der Waals surface area (Å²) in [6.07, 6.45) is -2.47. The fraction of sp³-hybridized carbons (Fsp3) is 0.273. The first-order chi connectivity index (χ1) is 7.51. The van der Waals surface area contributed by atoms with Crippen LogP contribution in [-0.2, 0) is 6.42 Å². The van der Waals surface area contributed by atoms with E-state index in [-0.39, 0.29) is 11.1 Å². The maximum absolute atomic E-state index is 12.5. The number of alkyl halides is 2. The lowest BCUT2D eigenvalue weighted by atomic mass is 9.96. The van der Waals surface area contributed by atoms with Crippen LogP contribution in [0, 0.1) is 11.3 Å². The summed E-state index contributed by atoms with van der Waals surface area (Å²) in [6.45, 7) is 1.67. The van der Waals surface area contributed by atoms with Crippen LogP contribution in [0.5, 0.6) is 0 Å². The molecule has 0 aromatic heterocycles. The number of nitrogens with zero attached hydrogens (tertiary/aromatic N) is 1. The lowest BCUT2D eigenvalue weighted by Crippen LogP contribution is -2.06. The molecule has 0 aliphatic rings. The van der Waals surface area contributed by atoms with E-state index in [1.165, 1.54) is 0 Å². The van der Waals surface area contributed by atoms with Crippen molar-refractivity contribution in [3.8, 4) is 6.07 Å². The standard InChI is InChI=1S/C11H9F2NO2/c1-2-8-7(5-14)3-6(10(12)13)4-9(8)11(15)16/h3-4,10H,2H2,1H3,(H,15,16). The number of carboxylic acids is 1. The van der Waals surface area contributed by atoms with Gasteiger partial charge in [-0.05, 0) is 24.1 Å². The van der Waals surface area contributed by atoms with Crippen LogP contribution in [0.4, 0.5) is 8.78 Å². The van der Waals surface area contributed by atoms with Crippen LogP contribution in [0.25, 0.3) is 0 Å². The predicted octanol–water partition coefficient (Wildman–Crippen LogP) is 2.76. The average Bonchev–Trinajstić information content (AvgIpc) is 2.26. The molecule has 0 amide bonds. The van der Waals surface area contributed by atoms with Crippen molar-refractivity contribution in [1.82, 2.24) is 0 Å². The predicted molar refractivity (Wildman–Crippen MR) is 52.5 cm³/mol. The van der Waals surface area contributed by atoms with Gasteiger partial charge < -0.3 is 5.11 Å². The van der Waals surface area contributed by atoms with Gasteiger partial charge in [0, 0.05) is 5.56 Å². The molecule has 0 heterocycles. The summed E-state index contributed by atoms with van der Waals surface area (Å²) in [5, 5.41) is 17.6. The molecular formula is C11H9F2NO2. The van der Waals surface area contributed by atoms with Gasteiger partial charge in [-0.15, -0.1) is 0 Å². The molecule has 1 rings (SSSR count). The molecule has 0 saturated heterocycles. The molecule has 0 aliphatic carbocycles. The van der Waals surface area contributed by atoms with Crippen molar-refractivity contribution in [3.63, 3.8) is 0 Å². The molecule has 3 nitrogen and oxygen atoms in total. The van der Waals surface area contributed by atoms with E-state index < -0.39 is 18.0 Å². The first-order valence-corrected chi connectivity index (χ1v) is 4.59. The molecule has 5 heteroatoms. The highest BCUT2D eigenvalue weighted by Crippen LogP contribution is 2.25. The summed E-state index contributed by atoms with van der Waals surface area (Å²) >= 11 is 0. The summed E-state index contributed by atoms with van der Waals surface area (Å²) in [6, 6.07) is 3.70. The largest absolute Gasteiger partial charge is 0.478 e. The minimum atomic E-state index is -2.78. The third-order valence-electron chi connectivity index (χ3n) is 2.23. The Labute approximate surface area is 90.9 Å². The zero-order valence-corrected chi connectivity index (χ0v) is 8.50. The average molecular weight is 225 g/mol. The Kier molecular flexibility index (Phi) is 3.56. The number of carbonyl (C=O) groups is 1. The van der Waals surface area contributed by atoms with Crippen molar-refractivity contribution < 1.29 is 18.7 Å². The van der Waals surface area contributed by atoms with Crippen LogP contribution in [0.1, 0.15) is 40.4 Å². The molecule has 0 saturated carbocycles. The fourth-order valence-corrected chi connectivity index (χ4v) is 1.49. The molecule has 0 unspecified atom stereocenters. The number of rotatable bonds is 3. The number of aromatic carboxylic acids is 1. The summed E-state index contributed by atoms with van der Waals surface area (Å²) < 4.78 is 24.9. The maximum Gasteiger partial charge on any atom is 0.336 e. The Hall–Kier alpha value is -1.96. The molecule has 1 N–H and O–H groups in total. The maximum atomic E-state index is 12.5. The summed E-state index contributed by atoms with van der Waals surface area (Å²) in [5.41, 5.74) is -0.375. The molecule has 0 radical (unpaired) electrons. The normalized spacial score (nSPS) is 10.2. The minimum absolute atomic E-state index is 0.00213. The van der Waals surface area contributed by atoms with E-state index >= 15 is 0 Å². The Morgan fingerprint density at radius 1 is 1.56 bits per heavy atom. The van der Waals surface area contributed by atoms with Gasteiger partial charge in [0.15, 0.2) is 0 Å². The van der Waals surface area contributed by atoms with E-state index in [0.717, 1.165) is 12.1 Å². The zero-order chi connectivity index (χ0) is 12.3. The molecule has 0 aliphatic heterocycles. The lowest BCUT2D eigenvalue weighted by Gasteiger charge is -2.09. The van der Waals surface area contributed by atoms with E-state index in [9.17, 15) is 13.6 Å². The first kappa shape index (κ1) is 12.1.